The van der Waals surface area contributed by atoms with E-state index in [2.05, 4.69) is 17.6 Å². The molecular weight excluding hydrogens is 264 g/mol. The van der Waals surface area contributed by atoms with Crippen molar-refractivity contribution in [2.24, 2.45) is 0 Å². The van der Waals surface area contributed by atoms with Gasteiger partial charge in [0, 0.05) is 6.04 Å². The van der Waals surface area contributed by atoms with Gasteiger partial charge in [-0.2, -0.15) is 11.8 Å². The predicted octanol–water partition coefficient (Wildman–Crippen LogP) is 2.46. The van der Waals surface area contributed by atoms with Gasteiger partial charge in [-0.15, -0.1) is 0 Å². The van der Waals surface area contributed by atoms with E-state index in [1.165, 1.54) is 0 Å². The minimum absolute atomic E-state index is 0.0709. The maximum absolute atomic E-state index is 11.7. The molecule has 0 aliphatic rings. The van der Waals surface area contributed by atoms with Gasteiger partial charge in [0.05, 0.1) is 0 Å². The number of carbonyl (C=O) groups is 2. The molecule has 0 aromatic carbocycles. The van der Waals surface area contributed by atoms with Crippen LogP contribution in [-0.4, -0.2) is 41.2 Å². The predicted molar refractivity (Wildman–Crippen MR) is 79.7 cm³/mol. The zero-order chi connectivity index (χ0) is 14.7. The molecule has 19 heavy (non-hydrogen) atoms. The molecule has 2 unspecified atom stereocenters. The van der Waals surface area contributed by atoms with E-state index in [1.807, 2.05) is 13.2 Å². The van der Waals surface area contributed by atoms with Crippen molar-refractivity contribution in [2.75, 3.05) is 12.0 Å². The van der Waals surface area contributed by atoms with Crippen LogP contribution in [0.5, 0.6) is 0 Å². The molecule has 2 atom stereocenters. The lowest BCUT2D eigenvalue weighted by molar-refractivity contribution is -0.139. The van der Waals surface area contributed by atoms with Gasteiger partial charge in [0.15, 0.2) is 0 Å². The summed E-state index contributed by atoms with van der Waals surface area (Å²) < 4.78 is 0. The monoisotopic (exact) mass is 290 g/mol. The van der Waals surface area contributed by atoms with E-state index in [4.69, 9.17) is 5.11 Å². The van der Waals surface area contributed by atoms with Crippen LogP contribution in [0.4, 0.5) is 4.79 Å². The number of urea groups is 1. The number of thioether (sulfide) groups is 1. The molecule has 0 aromatic rings. The van der Waals surface area contributed by atoms with Crippen LogP contribution >= 0.6 is 11.8 Å². The summed E-state index contributed by atoms with van der Waals surface area (Å²) in [6.07, 6.45) is 6.65. The van der Waals surface area contributed by atoms with Crippen molar-refractivity contribution >= 4 is 23.8 Å². The third-order valence-electron chi connectivity index (χ3n) is 2.83. The molecule has 112 valence electrons. The first-order valence-corrected chi connectivity index (χ1v) is 8.19. The molecular formula is C13H26N2O3S. The van der Waals surface area contributed by atoms with Crippen LogP contribution in [-0.2, 0) is 4.79 Å². The van der Waals surface area contributed by atoms with Crippen LogP contribution in [0.15, 0.2) is 0 Å². The normalized spacial score (nSPS) is 13.6. The van der Waals surface area contributed by atoms with Crippen LogP contribution in [0, 0.1) is 0 Å². The van der Waals surface area contributed by atoms with E-state index < -0.39 is 18.0 Å². The number of hydrogen-bond donors (Lipinski definition) is 3. The van der Waals surface area contributed by atoms with Crippen molar-refractivity contribution in [1.82, 2.24) is 10.6 Å². The Labute approximate surface area is 119 Å². The summed E-state index contributed by atoms with van der Waals surface area (Å²) in [5, 5.41) is 14.3. The number of rotatable bonds is 10. The highest BCUT2D eigenvalue weighted by Gasteiger charge is 2.19. The van der Waals surface area contributed by atoms with E-state index in [0.717, 1.165) is 25.7 Å². The Kier molecular flexibility index (Phi) is 10.4. The van der Waals surface area contributed by atoms with Crippen LogP contribution < -0.4 is 10.6 Å². The second-order valence-electron chi connectivity index (χ2n) is 4.69. The van der Waals surface area contributed by atoms with Gasteiger partial charge in [0.1, 0.15) is 6.04 Å². The van der Waals surface area contributed by atoms with E-state index >= 15 is 0 Å². The first-order chi connectivity index (χ1) is 9.01. The highest BCUT2D eigenvalue weighted by molar-refractivity contribution is 7.98. The Morgan fingerprint density at radius 1 is 1.21 bits per heavy atom. The number of hydrogen-bond acceptors (Lipinski definition) is 3. The van der Waals surface area contributed by atoms with Crippen molar-refractivity contribution in [1.29, 1.82) is 0 Å². The third kappa shape index (κ3) is 9.64. The minimum Gasteiger partial charge on any atom is -0.480 e. The molecule has 0 aliphatic heterocycles. The van der Waals surface area contributed by atoms with E-state index in [-0.39, 0.29) is 6.04 Å². The minimum atomic E-state index is -0.983. The highest BCUT2D eigenvalue weighted by Crippen LogP contribution is 2.03. The molecule has 0 rings (SSSR count). The van der Waals surface area contributed by atoms with Crippen molar-refractivity contribution in [2.45, 2.75) is 58.0 Å². The summed E-state index contributed by atoms with van der Waals surface area (Å²) in [4.78, 5) is 22.7. The van der Waals surface area contributed by atoms with Crippen molar-refractivity contribution in [3.05, 3.63) is 0 Å². The topological polar surface area (TPSA) is 78.4 Å². The molecule has 2 amide bonds. The SMILES string of the molecule is CCCCCC(C)NC(=O)NC(CCSC)C(=O)O. The van der Waals surface area contributed by atoms with Crippen LogP contribution in [0.25, 0.3) is 0 Å². The zero-order valence-corrected chi connectivity index (χ0v) is 12.9. The third-order valence-corrected chi connectivity index (χ3v) is 3.48. The smallest absolute Gasteiger partial charge is 0.326 e. The average molecular weight is 290 g/mol. The number of nitrogens with one attached hydrogen (secondary N) is 2. The number of unbranched alkanes of at least 4 members (excludes halogenated alkanes) is 2. The van der Waals surface area contributed by atoms with Crippen LogP contribution in [0.3, 0.4) is 0 Å². The van der Waals surface area contributed by atoms with Crippen LogP contribution in [0.2, 0.25) is 0 Å². The van der Waals surface area contributed by atoms with Gasteiger partial charge in [0.25, 0.3) is 0 Å². The van der Waals surface area contributed by atoms with Gasteiger partial charge in [-0.3, -0.25) is 0 Å². The van der Waals surface area contributed by atoms with Crippen molar-refractivity contribution in [3.63, 3.8) is 0 Å². The van der Waals surface area contributed by atoms with Crippen molar-refractivity contribution in [3.8, 4) is 0 Å². The zero-order valence-electron chi connectivity index (χ0n) is 12.1. The first-order valence-electron chi connectivity index (χ1n) is 6.80. The fourth-order valence-electron chi connectivity index (χ4n) is 1.69. The molecule has 0 radical (unpaired) electrons. The fourth-order valence-corrected chi connectivity index (χ4v) is 2.16. The molecule has 3 N–H and O–H groups in total. The quantitative estimate of drug-likeness (QED) is 0.540. The Balaban J connectivity index is 4.00. The molecule has 0 aliphatic carbocycles. The fraction of sp³-hybridized carbons (Fsp3) is 0.846. The highest BCUT2D eigenvalue weighted by atomic mass is 32.2. The molecule has 0 bridgehead atoms. The summed E-state index contributed by atoms with van der Waals surface area (Å²) in [6, 6.07) is -1.13. The molecule has 6 heteroatoms. The molecule has 5 nitrogen and oxygen atoms in total. The van der Waals surface area contributed by atoms with E-state index in [9.17, 15) is 9.59 Å². The lowest BCUT2D eigenvalue weighted by Gasteiger charge is -2.18. The number of carbonyl (C=O) groups excluding carboxylic acids is 1. The molecule has 0 aromatic heterocycles. The molecule has 0 heterocycles. The van der Waals surface area contributed by atoms with Crippen molar-refractivity contribution < 1.29 is 14.7 Å². The standard InChI is InChI=1S/C13H26N2O3S/c1-4-5-6-7-10(2)14-13(18)15-11(12(16)17)8-9-19-3/h10-11H,4-9H2,1-3H3,(H,16,17)(H2,14,15,18). The molecule has 0 saturated carbocycles. The molecule has 0 spiro atoms. The van der Waals surface area contributed by atoms with Gasteiger partial charge in [0.2, 0.25) is 0 Å². The van der Waals surface area contributed by atoms with Crippen LogP contribution in [0.1, 0.15) is 46.0 Å². The summed E-state index contributed by atoms with van der Waals surface area (Å²) in [6.45, 7) is 4.07. The van der Waals surface area contributed by atoms with Gasteiger partial charge < -0.3 is 15.7 Å². The second kappa shape index (κ2) is 11.0. The summed E-state index contributed by atoms with van der Waals surface area (Å²) in [5.41, 5.74) is 0. The summed E-state index contributed by atoms with van der Waals surface area (Å²) in [5.74, 6) is -0.272. The molecule has 0 fully saturated rings. The van der Waals surface area contributed by atoms with Gasteiger partial charge in [-0.1, -0.05) is 26.2 Å². The average Bonchev–Trinajstić information content (AvgIpc) is 2.34. The maximum atomic E-state index is 11.7. The molecule has 0 saturated heterocycles. The summed E-state index contributed by atoms with van der Waals surface area (Å²) in [7, 11) is 0. The first kappa shape index (κ1) is 18.1. The number of carboxylic acid groups (broad SMARTS) is 1. The number of carboxylic acids is 1. The largest absolute Gasteiger partial charge is 0.480 e. The van der Waals surface area contributed by atoms with E-state index in [0.29, 0.717) is 12.2 Å². The Bertz CT molecular complexity index is 275. The van der Waals surface area contributed by atoms with E-state index in [1.54, 1.807) is 11.8 Å². The summed E-state index contributed by atoms with van der Waals surface area (Å²) >= 11 is 1.57. The number of amides is 2. The number of aliphatic carboxylic acids is 1. The van der Waals surface area contributed by atoms with Gasteiger partial charge >= 0.3 is 12.0 Å². The van der Waals surface area contributed by atoms with Gasteiger partial charge in [-0.05, 0) is 31.8 Å². The van der Waals surface area contributed by atoms with Gasteiger partial charge in [-0.25, -0.2) is 9.59 Å². The Morgan fingerprint density at radius 3 is 2.42 bits per heavy atom. The Hall–Kier alpha value is -0.910. The lowest BCUT2D eigenvalue weighted by atomic mass is 10.1. The Morgan fingerprint density at radius 2 is 1.89 bits per heavy atom. The second-order valence-corrected chi connectivity index (χ2v) is 5.67. The lowest BCUT2D eigenvalue weighted by Crippen LogP contribution is -2.48. The maximum Gasteiger partial charge on any atom is 0.326 e.